The van der Waals surface area contributed by atoms with E-state index in [4.69, 9.17) is 0 Å². The standard InChI is InChI=1S/C23H24N2O4/c1-3-25(23(29)18(14-26)11-16-7-9-19(28)10-8-16)13-17-5-4-6-20-21(15(2)27)12-24-22(17)20/h4-10,12,14,18,24,28H,3,11,13H2,1-2H3. The number of aromatic hydroxyl groups is 1. The molecule has 0 bridgehead atoms. The second-order valence-electron chi connectivity index (χ2n) is 7.06. The molecule has 6 nitrogen and oxygen atoms in total. The number of benzene rings is 2. The fraction of sp³-hybridized carbons (Fsp3) is 0.261. The topological polar surface area (TPSA) is 90.5 Å². The molecule has 1 heterocycles. The van der Waals surface area contributed by atoms with E-state index in [0.29, 0.717) is 24.9 Å². The van der Waals surface area contributed by atoms with Crippen LogP contribution in [-0.4, -0.2) is 39.5 Å². The molecule has 1 atom stereocenters. The molecule has 0 aliphatic heterocycles. The van der Waals surface area contributed by atoms with E-state index >= 15 is 0 Å². The van der Waals surface area contributed by atoms with Crippen LogP contribution >= 0.6 is 0 Å². The number of nitrogens with zero attached hydrogens (tertiary/aromatic N) is 1. The Morgan fingerprint density at radius 2 is 1.90 bits per heavy atom. The molecule has 0 aliphatic rings. The zero-order valence-corrected chi connectivity index (χ0v) is 16.5. The number of rotatable bonds is 8. The Balaban J connectivity index is 1.82. The normalized spacial score (nSPS) is 11.9. The summed E-state index contributed by atoms with van der Waals surface area (Å²) in [6.45, 7) is 4.19. The Bertz CT molecular complexity index is 1040. The minimum Gasteiger partial charge on any atom is -0.508 e. The van der Waals surface area contributed by atoms with E-state index in [1.165, 1.54) is 19.1 Å². The van der Waals surface area contributed by atoms with E-state index in [1.54, 1.807) is 23.2 Å². The predicted octanol–water partition coefficient (Wildman–Crippen LogP) is 3.48. The smallest absolute Gasteiger partial charge is 0.233 e. The number of para-hydroxylation sites is 1. The quantitative estimate of drug-likeness (QED) is 0.349. The first-order valence-corrected chi connectivity index (χ1v) is 9.56. The van der Waals surface area contributed by atoms with Crippen LogP contribution in [0.2, 0.25) is 0 Å². The molecular weight excluding hydrogens is 368 g/mol. The van der Waals surface area contributed by atoms with E-state index in [0.717, 1.165) is 22.0 Å². The first-order valence-electron chi connectivity index (χ1n) is 9.56. The van der Waals surface area contributed by atoms with Gasteiger partial charge in [0.2, 0.25) is 5.91 Å². The lowest BCUT2D eigenvalue weighted by Gasteiger charge is -2.24. The molecule has 0 saturated heterocycles. The Labute approximate surface area is 169 Å². The SMILES string of the molecule is CCN(Cc1cccc2c(C(C)=O)c[nH]c12)C(=O)C(C=O)Cc1ccc(O)cc1. The number of fused-ring (bicyclic) bond motifs is 1. The van der Waals surface area contributed by atoms with Gasteiger partial charge in [-0.25, -0.2) is 0 Å². The Morgan fingerprint density at radius 3 is 2.52 bits per heavy atom. The molecule has 0 aliphatic carbocycles. The maximum atomic E-state index is 13.0. The zero-order chi connectivity index (χ0) is 21.0. The minimum atomic E-state index is -0.796. The van der Waals surface area contributed by atoms with Crippen LogP contribution in [0.4, 0.5) is 0 Å². The molecule has 6 heteroatoms. The first kappa shape index (κ1) is 20.3. The van der Waals surface area contributed by atoms with Gasteiger partial charge in [-0.3, -0.25) is 9.59 Å². The van der Waals surface area contributed by atoms with Crippen LogP contribution in [0.25, 0.3) is 10.9 Å². The number of Topliss-reactive ketones (excluding diaryl/α,β-unsaturated/α-hetero) is 1. The highest BCUT2D eigenvalue weighted by atomic mass is 16.3. The fourth-order valence-corrected chi connectivity index (χ4v) is 3.51. The van der Waals surface area contributed by atoms with Crippen molar-refractivity contribution in [3.05, 3.63) is 65.4 Å². The summed E-state index contributed by atoms with van der Waals surface area (Å²) in [7, 11) is 0. The molecule has 2 aromatic carbocycles. The average Bonchev–Trinajstić information content (AvgIpc) is 3.16. The molecule has 0 spiro atoms. The average molecular weight is 392 g/mol. The first-order chi connectivity index (χ1) is 13.9. The van der Waals surface area contributed by atoms with Crippen LogP contribution in [-0.2, 0) is 22.6 Å². The molecule has 0 radical (unpaired) electrons. The van der Waals surface area contributed by atoms with Crippen molar-refractivity contribution in [2.75, 3.05) is 6.54 Å². The van der Waals surface area contributed by atoms with Gasteiger partial charge in [-0.05, 0) is 43.5 Å². The Kier molecular flexibility index (Phi) is 6.12. The van der Waals surface area contributed by atoms with Crippen LogP contribution in [0.3, 0.4) is 0 Å². The summed E-state index contributed by atoms with van der Waals surface area (Å²) >= 11 is 0. The highest BCUT2D eigenvalue weighted by Crippen LogP contribution is 2.24. The van der Waals surface area contributed by atoms with Crippen molar-refractivity contribution < 1.29 is 19.5 Å². The lowest BCUT2D eigenvalue weighted by molar-refractivity contribution is -0.138. The third-order valence-electron chi connectivity index (χ3n) is 5.11. The van der Waals surface area contributed by atoms with Crippen LogP contribution in [0.15, 0.2) is 48.7 Å². The van der Waals surface area contributed by atoms with E-state index in [2.05, 4.69) is 4.98 Å². The third-order valence-corrected chi connectivity index (χ3v) is 5.11. The van der Waals surface area contributed by atoms with E-state index < -0.39 is 5.92 Å². The molecule has 3 rings (SSSR count). The molecule has 1 amide bonds. The summed E-state index contributed by atoms with van der Waals surface area (Å²) in [4.78, 5) is 41.2. The Morgan fingerprint density at radius 1 is 1.17 bits per heavy atom. The number of nitrogens with one attached hydrogen (secondary N) is 1. The van der Waals surface area contributed by atoms with Crippen LogP contribution in [0, 0.1) is 5.92 Å². The molecule has 0 fully saturated rings. The van der Waals surface area contributed by atoms with Gasteiger partial charge in [-0.1, -0.05) is 30.3 Å². The summed E-state index contributed by atoms with van der Waals surface area (Å²) in [5, 5.41) is 10.2. The molecule has 0 saturated carbocycles. The number of phenolic OH excluding ortho intramolecular Hbond substituents is 1. The second kappa shape index (κ2) is 8.73. The zero-order valence-electron chi connectivity index (χ0n) is 16.5. The van der Waals surface area contributed by atoms with Gasteiger partial charge in [0, 0.05) is 30.2 Å². The van der Waals surface area contributed by atoms with Crippen molar-refractivity contribution in [2.24, 2.45) is 5.92 Å². The monoisotopic (exact) mass is 392 g/mol. The molecule has 29 heavy (non-hydrogen) atoms. The number of phenols is 1. The lowest BCUT2D eigenvalue weighted by Crippen LogP contribution is -2.37. The van der Waals surface area contributed by atoms with E-state index in [1.807, 2.05) is 25.1 Å². The summed E-state index contributed by atoms with van der Waals surface area (Å²) in [5.74, 6) is -0.922. The molecule has 1 unspecified atom stereocenters. The van der Waals surface area contributed by atoms with Crippen LogP contribution < -0.4 is 0 Å². The van der Waals surface area contributed by atoms with Gasteiger partial charge >= 0.3 is 0 Å². The number of aromatic amines is 1. The molecule has 150 valence electrons. The molecule has 2 N–H and O–H groups in total. The number of amides is 1. The molecule has 1 aromatic heterocycles. The summed E-state index contributed by atoms with van der Waals surface area (Å²) in [6, 6.07) is 12.1. The number of aldehydes is 1. The van der Waals surface area contributed by atoms with Crippen LogP contribution in [0.1, 0.15) is 35.3 Å². The second-order valence-corrected chi connectivity index (χ2v) is 7.06. The van der Waals surface area contributed by atoms with E-state index in [-0.39, 0.29) is 23.9 Å². The fourth-order valence-electron chi connectivity index (χ4n) is 3.51. The number of hydrogen-bond donors (Lipinski definition) is 2. The molecule has 3 aromatic rings. The van der Waals surface area contributed by atoms with Gasteiger partial charge in [-0.2, -0.15) is 0 Å². The highest BCUT2D eigenvalue weighted by Gasteiger charge is 2.24. The van der Waals surface area contributed by atoms with Gasteiger partial charge in [0.15, 0.2) is 5.78 Å². The summed E-state index contributed by atoms with van der Waals surface area (Å²) < 4.78 is 0. The summed E-state index contributed by atoms with van der Waals surface area (Å²) in [6.07, 6.45) is 2.65. The highest BCUT2D eigenvalue weighted by molar-refractivity contribution is 6.07. The van der Waals surface area contributed by atoms with Gasteiger partial charge in [0.1, 0.15) is 12.0 Å². The van der Waals surface area contributed by atoms with Crippen molar-refractivity contribution >= 4 is 28.9 Å². The number of H-pyrrole nitrogens is 1. The predicted molar refractivity (Wildman–Crippen MR) is 111 cm³/mol. The number of hydrogen-bond acceptors (Lipinski definition) is 4. The van der Waals surface area contributed by atoms with Crippen molar-refractivity contribution in [1.82, 2.24) is 9.88 Å². The van der Waals surface area contributed by atoms with Gasteiger partial charge in [0.05, 0.1) is 11.4 Å². The Hall–Kier alpha value is -3.41. The van der Waals surface area contributed by atoms with E-state index in [9.17, 15) is 19.5 Å². The van der Waals surface area contributed by atoms with Crippen molar-refractivity contribution in [3.63, 3.8) is 0 Å². The number of aromatic nitrogens is 1. The number of ketones is 1. The van der Waals surface area contributed by atoms with Crippen molar-refractivity contribution in [2.45, 2.75) is 26.8 Å². The van der Waals surface area contributed by atoms with Crippen molar-refractivity contribution in [1.29, 1.82) is 0 Å². The van der Waals surface area contributed by atoms with Crippen LogP contribution in [0.5, 0.6) is 5.75 Å². The van der Waals surface area contributed by atoms with Gasteiger partial charge < -0.3 is 19.8 Å². The van der Waals surface area contributed by atoms with Crippen molar-refractivity contribution in [3.8, 4) is 5.75 Å². The van der Waals surface area contributed by atoms with Gasteiger partial charge in [-0.15, -0.1) is 0 Å². The minimum absolute atomic E-state index is 0.0215. The largest absolute Gasteiger partial charge is 0.508 e. The number of carbonyl (C=O) groups excluding carboxylic acids is 3. The molecular formula is C23H24N2O4. The summed E-state index contributed by atoms with van der Waals surface area (Å²) in [5.41, 5.74) is 3.14. The maximum absolute atomic E-state index is 13.0. The lowest BCUT2D eigenvalue weighted by atomic mass is 9.98. The third kappa shape index (κ3) is 4.37. The maximum Gasteiger partial charge on any atom is 0.233 e. The number of carbonyl (C=O) groups is 3. The van der Waals surface area contributed by atoms with Gasteiger partial charge in [0.25, 0.3) is 0 Å².